The summed E-state index contributed by atoms with van der Waals surface area (Å²) < 4.78 is 0. The first-order chi connectivity index (χ1) is 38.8. The number of aryl methyl sites for hydroxylation is 2. The Balaban J connectivity index is 0.0000312. The Kier molecular flexibility index (Phi) is 58.5. The van der Waals surface area contributed by atoms with Crippen LogP contribution in [0, 0.1) is 0 Å². The van der Waals surface area contributed by atoms with Crippen LogP contribution in [0.5, 0.6) is 0 Å². The van der Waals surface area contributed by atoms with Crippen LogP contribution < -0.4 is 0 Å². The van der Waals surface area contributed by atoms with Crippen LogP contribution in [-0.2, 0) is 29.3 Å². The van der Waals surface area contributed by atoms with Gasteiger partial charge in [-0.1, -0.05) is 358 Å². The molecule has 79 heavy (non-hydrogen) atoms. The quantitative estimate of drug-likeness (QED) is 0.0273. The van der Waals surface area contributed by atoms with Gasteiger partial charge in [0.25, 0.3) is 0 Å². The molecule has 0 amide bonds. The van der Waals surface area contributed by atoms with Crippen LogP contribution in [0.4, 0.5) is 11.4 Å². The van der Waals surface area contributed by atoms with E-state index in [2.05, 4.69) is 99.8 Å². The van der Waals surface area contributed by atoms with Crippen molar-refractivity contribution in [2.45, 2.75) is 374 Å². The third-order valence-corrected chi connectivity index (χ3v) is 16.8. The Hall–Kier alpha value is -2.25. The Bertz CT molecular complexity index is 1650. The molecule has 0 saturated carbocycles. The second kappa shape index (κ2) is 61.8. The summed E-state index contributed by atoms with van der Waals surface area (Å²) in [6.45, 7) is 6.89. The van der Waals surface area contributed by atoms with Gasteiger partial charge in [0.15, 0.2) is 0 Å². The number of allylic oxidation sites excluding steroid dienone is 4. The molecule has 0 spiro atoms. The monoisotopic (exact) mass is 1130 g/mol. The van der Waals surface area contributed by atoms with E-state index in [1.54, 1.807) is 0 Å². The first-order valence-electron chi connectivity index (χ1n) is 35.4. The van der Waals surface area contributed by atoms with Crippen molar-refractivity contribution >= 4 is 23.3 Å². The van der Waals surface area contributed by atoms with Gasteiger partial charge in [0.1, 0.15) is 0 Å². The van der Waals surface area contributed by atoms with Crippen molar-refractivity contribution in [3.05, 3.63) is 84.0 Å². The first-order valence-corrected chi connectivity index (χ1v) is 35.4. The minimum Gasteiger partial charge on any atom is -0.255 e. The summed E-state index contributed by atoms with van der Waals surface area (Å²) in [4.78, 5) is 10.4. The fraction of sp³-hybridized carbons (Fsp3) is 0.763. The minimum absolute atomic E-state index is 0. The molecule has 0 heterocycles. The number of benzene rings is 2. The summed E-state index contributed by atoms with van der Waals surface area (Å²) in [6, 6.07) is 17.6. The molecule has 0 fully saturated rings. The van der Waals surface area contributed by atoms with E-state index in [-0.39, 0.29) is 16.5 Å². The fourth-order valence-corrected chi connectivity index (χ4v) is 11.5. The van der Waals surface area contributed by atoms with Crippen LogP contribution in [0.1, 0.15) is 372 Å². The van der Waals surface area contributed by atoms with Gasteiger partial charge in [0, 0.05) is 22.7 Å². The van der Waals surface area contributed by atoms with Crippen molar-refractivity contribution in [3.63, 3.8) is 0 Å². The Labute approximate surface area is 504 Å². The molecule has 2 nitrogen and oxygen atoms in total. The van der Waals surface area contributed by atoms with Crippen LogP contribution in [0.15, 0.2) is 82.8 Å². The molecular weight excluding hydrogens is 1000 g/mol. The maximum Gasteiger partial charge on any atom is 0.0665 e. The van der Waals surface area contributed by atoms with Gasteiger partial charge in [0.2, 0.25) is 0 Å². The van der Waals surface area contributed by atoms with Gasteiger partial charge in [-0.05, 0) is 100 Å². The molecule has 2 aromatic rings. The molecule has 456 valence electrons. The minimum atomic E-state index is 0. The summed E-state index contributed by atoms with van der Waals surface area (Å²) in [5.74, 6) is 0. The molecule has 3 heteroatoms. The molecule has 0 unspecified atom stereocenters. The van der Waals surface area contributed by atoms with Crippen molar-refractivity contribution in [2.24, 2.45) is 9.98 Å². The van der Waals surface area contributed by atoms with Crippen molar-refractivity contribution in [1.29, 1.82) is 0 Å². The van der Waals surface area contributed by atoms with Crippen molar-refractivity contribution < 1.29 is 16.5 Å². The number of aliphatic imine (C=N–C) groups is 2. The van der Waals surface area contributed by atoms with Gasteiger partial charge < -0.3 is 0 Å². The number of para-hydroxylation sites is 2. The maximum absolute atomic E-state index is 5.26. The van der Waals surface area contributed by atoms with Gasteiger partial charge >= 0.3 is 0 Å². The van der Waals surface area contributed by atoms with Crippen molar-refractivity contribution in [1.82, 2.24) is 0 Å². The fourth-order valence-electron chi connectivity index (χ4n) is 11.5. The van der Waals surface area contributed by atoms with E-state index < -0.39 is 0 Å². The number of nitrogens with zero attached hydrogens (tertiary/aromatic N) is 2. The summed E-state index contributed by atoms with van der Waals surface area (Å²) in [5, 5.41) is 0. The van der Waals surface area contributed by atoms with Gasteiger partial charge in [-0.3, -0.25) is 9.98 Å². The Morgan fingerprint density at radius 2 is 0.544 bits per heavy atom. The van der Waals surface area contributed by atoms with Gasteiger partial charge in [-0.25, -0.2) is 0 Å². The van der Waals surface area contributed by atoms with Crippen LogP contribution in [0.25, 0.3) is 0 Å². The van der Waals surface area contributed by atoms with Crippen LogP contribution in [0.2, 0.25) is 0 Å². The van der Waals surface area contributed by atoms with Gasteiger partial charge in [0.05, 0.1) is 17.1 Å². The first kappa shape index (κ1) is 74.8. The Morgan fingerprint density at radius 3 is 0.861 bits per heavy atom. The van der Waals surface area contributed by atoms with E-state index in [1.165, 1.54) is 319 Å². The standard InChI is InChI=1S/C76H132N2.Ni/c1-4-7-10-12-14-16-18-20-22-24-26-28-30-32-34-36-38-40-42-44-46-48-50-52-54-56-58-64-72-66-60-62-69-75(72)77-71-74(68-9-6-3)78-76-70-63-61-67-73(76)65-59-57-55-53-51-49-47-45-43-41-39-37-35-33-31-29-27-25-23-21-19-17-15-13-11-8-5-2;/h52-55,60-63,66-67,69-71H,4-51,56-59,64-65,68H2,1-3H3;/b54-52+,55-53+,77-71+,78-74-;. The molecule has 0 aliphatic rings. The number of hydrogen-bond acceptors (Lipinski definition) is 2. The van der Waals surface area contributed by atoms with E-state index in [9.17, 15) is 0 Å². The SMILES string of the molecule is CCCCCCCCCCCCCCCCCCCCCCCC/C=C/CCCc1ccccc1/N=C(\C=N\c1ccccc1CCC/C=C/CCCCCCCCCCCCCCCCCCCCCCCC)CCCC.[Ni]. The molecule has 0 aliphatic heterocycles. The molecule has 0 saturated heterocycles. The predicted molar refractivity (Wildman–Crippen MR) is 356 cm³/mol. The average molecular weight is 1130 g/mol. The molecule has 0 atom stereocenters. The van der Waals surface area contributed by atoms with Crippen LogP contribution in [0.3, 0.4) is 0 Å². The maximum atomic E-state index is 5.26. The van der Waals surface area contributed by atoms with E-state index >= 15 is 0 Å². The number of rotatable bonds is 60. The zero-order valence-corrected chi connectivity index (χ0v) is 54.1. The van der Waals surface area contributed by atoms with E-state index in [0.717, 1.165) is 62.0 Å². The van der Waals surface area contributed by atoms with Gasteiger partial charge in [-0.2, -0.15) is 0 Å². The second-order valence-corrected chi connectivity index (χ2v) is 24.4. The van der Waals surface area contributed by atoms with E-state index in [0.29, 0.717) is 0 Å². The zero-order valence-electron chi connectivity index (χ0n) is 53.1. The largest absolute Gasteiger partial charge is 0.255 e. The van der Waals surface area contributed by atoms with Gasteiger partial charge in [-0.15, -0.1) is 0 Å². The van der Waals surface area contributed by atoms with Crippen LogP contribution in [-0.4, -0.2) is 11.9 Å². The molecule has 2 aromatic carbocycles. The topological polar surface area (TPSA) is 24.7 Å². The third kappa shape index (κ3) is 50.0. The summed E-state index contributed by atoms with van der Waals surface area (Å²) >= 11 is 0. The number of unbranched alkanes of at least 4 members (excludes halogenated alkanes) is 47. The molecule has 0 aliphatic carbocycles. The van der Waals surface area contributed by atoms with Crippen molar-refractivity contribution in [2.75, 3.05) is 0 Å². The average Bonchev–Trinajstić information content (AvgIpc) is 3.46. The Morgan fingerprint density at radius 1 is 0.291 bits per heavy atom. The predicted octanol–water partition coefficient (Wildman–Crippen LogP) is 27.1. The third-order valence-electron chi connectivity index (χ3n) is 16.8. The molecule has 0 radical (unpaired) electrons. The van der Waals surface area contributed by atoms with Crippen molar-refractivity contribution in [3.8, 4) is 0 Å². The molecule has 2 rings (SSSR count). The molecular formula is C76H132N2Ni. The molecule has 0 bridgehead atoms. The second-order valence-electron chi connectivity index (χ2n) is 24.4. The zero-order chi connectivity index (χ0) is 55.4. The smallest absolute Gasteiger partial charge is 0.0665 e. The summed E-state index contributed by atoms with van der Waals surface area (Å²) in [7, 11) is 0. The normalized spacial score (nSPS) is 12.1. The summed E-state index contributed by atoms with van der Waals surface area (Å²) in [5.41, 5.74) is 6.02. The van der Waals surface area contributed by atoms with Crippen LogP contribution >= 0.6 is 0 Å². The molecule has 0 N–H and O–H groups in total. The van der Waals surface area contributed by atoms with E-state index in [1.807, 2.05) is 0 Å². The number of hydrogen-bond donors (Lipinski definition) is 0. The summed E-state index contributed by atoms with van der Waals surface area (Å²) in [6.07, 6.45) is 88.0. The molecule has 0 aromatic heterocycles. The van der Waals surface area contributed by atoms with E-state index in [4.69, 9.17) is 9.98 Å².